The molecule has 0 radical (unpaired) electrons. The van der Waals surface area contributed by atoms with Gasteiger partial charge in [0, 0.05) is 25.9 Å². The molecule has 2 nitrogen and oxygen atoms in total. The molecule has 180 valence electrons. The van der Waals surface area contributed by atoms with Crippen LogP contribution in [0.15, 0.2) is 48.5 Å². The van der Waals surface area contributed by atoms with Crippen molar-refractivity contribution in [3.8, 4) is 0 Å². The Labute approximate surface area is 189 Å². The number of aliphatic hydroxyl groups is 1. The number of thiophene rings is 1. The molecule has 0 saturated heterocycles. The van der Waals surface area contributed by atoms with Gasteiger partial charge in [-0.25, -0.2) is 0 Å². The van der Waals surface area contributed by atoms with Crippen LogP contribution in [0.5, 0.6) is 0 Å². The molecule has 3 aromatic rings. The fourth-order valence-electron chi connectivity index (χ4n) is 3.19. The highest BCUT2D eigenvalue weighted by molar-refractivity contribution is 7.19. The quantitative estimate of drug-likeness (QED) is 0.353. The largest absolute Gasteiger partial charge is 0.430 e. The fourth-order valence-corrected chi connectivity index (χ4v) is 4.43. The first-order chi connectivity index (χ1) is 15.0. The van der Waals surface area contributed by atoms with Crippen molar-refractivity contribution in [3.63, 3.8) is 0 Å². The average Bonchev–Trinajstić information content (AvgIpc) is 3.05. The smallest absolute Gasteiger partial charge is 0.369 e. The zero-order valence-corrected chi connectivity index (χ0v) is 17.7. The number of alkyl halides is 9. The molecule has 0 unspecified atom stereocenters. The summed E-state index contributed by atoms with van der Waals surface area (Å²) in [5.41, 5.74) is -7.01. The van der Waals surface area contributed by atoms with Crippen molar-refractivity contribution in [2.45, 2.75) is 30.7 Å². The molecule has 0 aliphatic rings. The number of benzene rings is 2. The van der Waals surface area contributed by atoms with Crippen LogP contribution in [0.25, 0.3) is 10.1 Å². The zero-order chi connectivity index (χ0) is 24.8. The fraction of sp³-hybridized carbons (Fsp3) is 0.300. The molecule has 2 aromatic carbocycles. The average molecular weight is 522 g/mol. The van der Waals surface area contributed by atoms with Gasteiger partial charge in [-0.1, -0.05) is 23.7 Å². The maximum absolute atomic E-state index is 13.1. The molecule has 33 heavy (non-hydrogen) atoms. The molecule has 0 atom stereocenters. The van der Waals surface area contributed by atoms with Gasteiger partial charge >= 0.3 is 18.5 Å². The maximum Gasteiger partial charge on any atom is 0.430 e. The first kappa shape index (κ1) is 25.4. The topological polar surface area (TPSA) is 23.5 Å². The number of fused-ring (bicyclic) bond motifs is 1. The van der Waals surface area contributed by atoms with Gasteiger partial charge in [0.25, 0.3) is 5.60 Å². The molecule has 3 rings (SSSR count). The summed E-state index contributed by atoms with van der Waals surface area (Å²) >= 11 is 7.06. The second-order valence-corrected chi connectivity index (χ2v) is 8.72. The lowest BCUT2D eigenvalue weighted by Crippen LogP contribution is -2.53. The molecule has 0 bridgehead atoms. The van der Waals surface area contributed by atoms with Gasteiger partial charge in [-0.2, -0.15) is 39.5 Å². The predicted octanol–water partition coefficient (Wildman–Crippen LogP) is 7.44. The molecule has 0 aliphatic heterocycles. The summed E-state index contributed by atoms with van der Waals surface area (Å²) in [7, 11) is 0. The second-order valence-electron chi connectivity index (χ2n) is 7.12. The summed E-state index contributed by atoms with van der Waals surface area (Å²) in [6.45, 7) is -1.83. The third kappa shape index (κ3) is 5.33. The minimum Gasteiger partial charge on any atom is -0.369 e. The lowest BCUT2D eigenvalue weighted by atomic mass is 9.92. The molecule has 0 saturated carbocycles. The minimum absolute atomic E-state index is 0.279. The standard InChI is InChI=1S/C20H13ClF9NOS/c21-13-3-6-16-11(7-13)8-15(33-16)9-31(10-17(22,23)24)14-4-1-12(2-5-14)18(32,19(25,26)27)20(28,29)30/h1-8,32H,9-10H2. The second kappa shape index (κ2) is 8.55. The van der Waals surface area contributed by atoms with Crippen LogP contribution in [-0.4, -0.2) is 30.2 Å². The normalized spacial score (nSPS) is 13.5. The van der Waals surface area contributed by atoms with Gasteiger partial charge in [0.1, 0.15) is 6.54 Å². The van der Waals surface area contributed by atoms with E-state index in [0.717, 1.165) is 20.9 Å². The highest BCUT2D eigenvalue weighted by Crippen LogP contribution is 2.50. The highest BCUT2D eigenvalue weighted by Gasteiger charge is 2.71. The molecular formula is C20H13ClF9NOS. The van der Waals surface area contributed by atoms with E-state index in [4.69, 9.17) is 11.6 Å². The highest BCUT2D eigenvalue weighted by atomic mass is 35.5. The summed E-state index contributed by atoms with van der Waals surface area (Å²) in [5, 5.41) is 10.5. The van der Waals surface area contributed by atoms with Crippen molar-refractivity contribution in [2.24, 2.45) is 0 Å². The van der Waals surface area contributed by atoms with Crippen LogP contribution < -0.4 is 4.90 Å². The number of rotatable bonds is 5. The van der Waals surface area contributed by atoms with E-state index in [1.807, 2.05) is 0 Å². The van der Waals surface area contributed by atoms with E-state index >= 15 is 0 Å². The van der Waals surface area contributed by atoms with Gasteiger partial charge in [0.2, 0.25) is 0 Å². The Kier molecular flexibility index (Phi) is 6.59. The van der Waals surface area contributed by atoms with Crippen LogP contribution in [0.1, 0.15) is 10.4 Å². The lowest BCUT2D eigenvalue weighted by Gasteiger charge is -2.33. The van der Waals surface area contributed by atoms with Gasteiger partial charge in [-0.3, -0.25) is 0 Å². The number of halogens is 10. The van der Waals surface area contributed by atoms with Gasteiger partial charge in [0.15, 0.2) is 0 Å². The number of nitrogens with zero attached hydrogens (tertiary/aromatic N) is 1. The van der Waals surface area contributed by atoms with E-state index in [9.17, 15) is 44.6 Å². The molecular weight excluding hydrogens is 509 g/mol. The maximum atomic E-state index is 13.1. The summed E-state index contributed by atoms with van der Waals surface area (Å²) in [6.07, 6.45) is -16.9. The molecule has 0 spiro atoms. The van der Waals surface area contributed by atoms with Crippen molar-refractivity contribution < 1.29 is 44.6 Å². The Bertz CT molecular complexity index is 1110. The van der Waals surface area contributed by atoms with Crippen LogP contribution in [0, 0.1) is 0 Å². The van der Waals surface area contributed by atoms with Crippen LogP contribution in [0.2, 0.25) is 5.02 Å². The first-order valence-corrected chi connectivity index (χ1v) is 10.2. The van der Waals surface area contributed by atoms with Crippen molar-refractivity contribution in [1.82, 2.24) is 0 Å². The van der Waals surface area contributed by atoms with E-state index in [1.54, 1.807) is 24.3 Å². The van der Waals surface area contributed by atoms with Crippen molar-refractivity contribution >= 4 is 38.7 Å². The minimum atomic E-state index is -6.10. The first-order valence-electron chi connectivity index (χ1n) is 8.97. The Hall–Kier alpha value is -2.18. The molecule has 1 N–H and O–H groups in total. The van der Waals surface area contributed by atoms with Gasteiger partial charge < -0.3 is 10.0 Å². The zero-order valence-electron chi connectivity index (χ0n) is 16.1. The van der Waals surface area contributed by atoms with Crippen molar-refractivity contribution in [2.75, 3.05) is 11.4 Å². The van der Waals surface area contributed by atoms with E-state index < -0.39 is 36.2 Å². The molecule has 1 aromatic heterocycles. The molecule has 0 fully saturated rings. The number of hydrogen-bond donors (Lipinski definition) is 1. The van der Waals surface area contributed by atoms with Gasteiger partial charge in [0.05, 0.1) is 6.54 Å². The Morgan fingerprint density at radius 3 is 1.91 bits per heavy atom. The van der Waals surface area contributed by atoms with E-state index in [-0.39, 0.29) is 12.2 Å². The SMILES string of the molecule is OC(c1ccc(N(Cc2cc3cc(Cl)ccc3s2)CC(F)(F)F)cc1)(C(F)(F)F)C(F)(F)F. The summed E-state index contributed by atoms with van der Waals surface area (Å²) < 4.78 is 118. The van der Waals surface area contributed by atoms with Gasteiger partial charge in [-0.05, 0) is 41.8 Å². The summed E-state index contributed by atoms with van der Waals surface area (Å²) in [4.78, 5) is 1.22. The van der Waals surface area contributed by atoms with Crippen LogP contribution >= 0.6 is 22.9 Å². The summed E-state index contributed by atoms with van der Waals surface area (Å²) in [5.74, 6) is 0. The van der Waals surface area contributed by atoms with Crippen LogP contribution in [0.4, 0.5) is 45.2 Å². The Balaban J connectivity index is 1.97. The van der Waals surface area contributed by atoms with Crippen LogP contribution in [-0.2, 0) is 12.1 Å². The third-order valence-corrected chi connectivity index (χ3v) is 6.05. The summed E-state index contributed by atoms with van der Waals surface area (Å²) in [6, 6.07) is 8.43. The third-order valence-electron chi connectivity index (χ3n) is 4.72. The molecule has 0 aliphatic carbocycles. The van der Waals surface area contributed by atoms with Gasteiger partial charge in [-0.15, -0.1) is 11.3 Å². The number of anilines is 1. The molecule has 1 heterocycles. The Morgan fingerprint density at radius 2 is 1.39 bits per heavy atom. The van der Waals surface area contributed by atoms with E-state index in [0.29, 0.717) is 39.6 Å². The van der Waals surface area contributed by atoms with Crippen LogP contribution in [0.3, 0.4) is 0 Å². The monoisotopic (exact) mass is 521 g/mol. The van der Waals surface area contributed by atoms with E-state index in [1.165, 1.54) is 0 Å². The number of hydrogen-bond acceptors (Lipinski definition) is 3. The predicted molar refractivity (Wildman–Crippen MR) is 106 cm³/mol. The lowest BCUT2D eigenvalue weighted by molar-refractivity contribution is -0.376. The van der Waals surface area contributed by atoms with Crippen molar-refractivity contribution in [1.29, 1.82) is 0 Å². The van der Waals surface area contributed by atoms with E-state index in [2.05, 4.69) is 0 Å². The van der Waals surface area contributed by atoms with Crippen molar-refractivity contribution in [3.05, 3.63) is 64.0 Å². The molecule has 13 heteroatoms. The Morgan fingerprint density at radius 1 is 0.818 bits per heavy atom. The molecule has 0 amide bonds.